The molecule has 2 aromatic rings. The van der Waals surface area contributed by atoms with Gasteiger partial charge in [-0.2, -0.15) is 0 Å². The first-order chi connectivity index (χ1) is 8.97. The highest BCUT2D eigenvalue weighted by Crippen LogP contribution is 2.25. The van der Waals surface area contributed by atoms with Crippen LogP contribution in [0.25, 0.3) is 0 Å². The molecular weight excluding hydrogens is 245 g/mol. The Hall–Kier alpha value is -2.56. The number of hydrogen-bond acceptors (Lipinski definition) is 3. The van der Waals surface area contributed by atoms with E-state index < -0.39 is 5.91 Å². The molecule has 2 aromatic carbocycles. The fourth-order valence-electron chi connectivity index (χ4n) is 1.66. The minimum absolute atomic E-state index is 0.294. The lowest BCUT2D eigenvalue weighted by Gasteiger charge is -2.10. The number of anilines is 3. The molecule has 0 saturated heterocycles. The molecule has 5 N–H and O–H groups in total. The van der Waals surface area contributed by atoms with Crippen LogP contribution >= 0.6 is 0 Å². The van der Waals surface area contributed by atoms with Crippen molar-refractivity contribution < 1.29 is 9.18 Å². The smallest absolute Gasteiger partial charge is 0.248 e. The van der Waals surface area contributed by atoms with Crippen molar-refractivity contribution in [2.75, 3.05) is 11.1 Å². The normalized spacial score (nSPS) is 10.2. The van der Waals surface area contributed by atoms with Crippen LogP contribution in [0.2, 0.25) is 0 Å². The number of nitrogens with one attached hydrogen (secondary N) is 1. The van der Waals surface area contributed by atoms with E-state index in [9.17, 15) is 9.18 Å². The first-order valence-corrected chi connectivity index (χ1v) is 5.70. The number of carbonyl (C=O) groups is 1. The summed E-state index contributed by atoms with van der Waals surface area (Å²) in [5, 5.41) is 2.99. The quantitative estimate of drug-likeness (QED) is 0.741. The first-order valence-electron chi connectivity index (χ1n) is 5.70. The zero-order chi connectivity index (χ0) is 14.0. The number of halogens is 1. The molecule has 0 heterocycles. The van der Waals surface area contributed by atoms with E-state index >= 15 is 0 Å². The molecule has 0 aliphatic heterocycles. The van der Waals surface area contributed by atoms with Crippen LogP contribution in [0.4, 0.5) is 21.5 Å². The number of hydrogen-bond donors (Lipinski definition) is 3. The average Bonchev–Trinajstić information content (AvgIpc) is 2.36. The summed E-state index contributed by atoms with van der Waals surface area (Å²) in [6.07, 6.45) is 0. The Morgan fingerprint density at radius 1 is 1.21 bits per heavy atom. The maximum atomic E-state index is 13.4. The van der Waals surface area contributed by atoms with Crippen molar-refractivity contribution in [3.63, 3.8) is 0 Å². The fraction of sp³-hybridized carbons (Fsp3) is 0.0714. The number of nitrogens with two attached hydrogens (primary N) is 2. The van der Waals surface area contributed by atoms with Crippen molar-refractivity contribution in [1.82, 2.24) is 0 Å². The molecular formula is C14H14FN3O. The van der Waals surface area contributed by atoms with E-state index in [0.29, 0.717) is 28.2 Å². The van der Waals surface area contributed by atoms with Gasteiger partial charge >= 0.3 is 0 Å². The minimum atomic E-state index is -0.542. The molecule has 0 spiro atoms. The molecule has 5 heteroatoms. The van der Waals surface area contributed by atoms with Gasteiger partial charge in [-0.1, -0.05) is 6.07 Å². The Kier molecular flexibility index (Phi) is 3.37. The molecule has 4 nitrogen and oxygen atoms in total. The molecule has 0 aromatic heterocycles. The third kappa shape index (κ3) is 2.82. The van der Waals surface area contributed by atoms with Gasteiger partial charge in [0.15, 0.2) is 0 Å². The average molecular weight is 259 g/mol. The number of benzene rings is 2. The van der Waals surface area contributed by atoms with E-state index in [4.69, 9.17) is 11.5 Å². The van der Waals surface area contributed by atoms with Gasteiger partial charge in [-0.3, -0.25) is 4.79 Å². The van der Waals surface area contributed by atoms with Crippen LogP contribution in [-0.2, 0) is 0 Å². The van der Waals surface area contributed by atoms with Crippen LogP contribution in [0.15, 0.2) is 36.4 Å². The molecule has 0 aliphatic carbocycles. The molecule has 2 rings (SSSR count). The second kappa shape index (κ2) is 4.97. The van der Waals surface area contributed by atoms with Crippen LogP contribution in [-0.4, -0.2) is 5.91 Å². The maximum absolute atomic E-state index is 13.4. The van der Waals surface area contributed by atoms with E-state index in [1.54, 1.807) is 31.2 Å². The van der Waals surface area contributed by atoms with Crippen molar-refractivity contribution in [1.29, 1.82) is 0 Å². The predicted molar refractivity (Wildman–Crippen MR) is 73.8 cm³/mol. The summed E-state index contributed by atoms with van der Waals surface area (Å²) in [5.74, 6) is -0.836. The first kappa shape index (κ1) is 12.9. The third-order valence-electron chi connectivity index (χ3n) is 2.79. The number of amides is 1. The van der Waals surface area contributed by atoms with Gasteiger partial charge in [0.1, 0.15) is 5.82 Å². The van der Waals surface area contributed by atoms with Gasteiger partial charge in [-0.25, -0.2) is 4.39 Å². The molecule has 0 saturated carbocycles. The van der Waals surface area contributed by atoms with Gasteiger partial charge < -0.3 is 16.8 Å². The van der Waals surface area contributed by atoms with E-state index in [1.165, 1.54) is 12.1 Å². The van der Waals surface area contributed by atoms with Crippen LogP contribution in [0.5, 0.6) is 0 Å². The van der Waals surface area contributed by atoms with E-state index in [-0.39, 0.29) is 5.82 Å². The van der Waals surface area contributed by atoms with Crippen molar-refractivity contribution in [3.8, 4) is 0 Å². The van der Waals surface area contributed by atoms with Gasteiger partial charge in [-0.05, 0) is 42.8 Å². The van der Waals surface area contributed by atoms with E-state index in [2.05, 4.69) is 5.32 Å². The number of aryl methyl sites for hydroxylation is 1. The van der Waals surface area contributed by atoms with Gasteiger partial charge in [0.25, 0.3) is 0 Å². The highest BCUT2D eigenvalue weighted by Gasteiger charge is 2.06. The molecule has 0 radical (unpaired) electrons. The number of carbonyl (C=O) groups excluding carboxylic acids is 1. The number of rotatable bonds is 3. The maximum Gasteiger partial charge on any atom is 0.248 e. The Morgan fingerprint density at radius 3 is 2.53 bits per heavy atom. The molecule has 0 unspecified atom stereocenters. The molecule has 19 heavy (non-hydrogen) atoms. The summed E-state index contributed by atoms with van der Waals surface area (Å²) >= 11 is 0. The van der Waals surface area contributed by atoms with Crippen molar-refractivity contribution in [3.05, 3.63) is 53.3 Å². The van der Waals surface area contributed by atoms with Crippen molar-refractivity contribution in [2.24, 2.45) is 5.73 Å². The van der Waals surface area contributed by atoms with Crippen LogP contribution in [0.3, 0.4) is 0 Å². The molecule has 1 amide bonds. The SMILES string of the molecule is Cc1ccc(Nc2ccc(C(N)=O)cc2N)cc1F. The Bertz CT molecular complexity index is 641. The van der Waals surface area contributed by atoms with Crippen molar-refractivity contribution in [2.45, 2.75) is 6.92 Å². The van der Waals surface area contributed by atoms with Crippen molar-refractivity contribution >= 4 is 23.0 Å². The topological polar surface area (TPSA) is 81.1 Å². The Morgan fingerprint density at radius 2 is 1.95 bits per heavy atom. The second-order valence-corrected chi connectivity index (χ2v) is 4.26. The van der Waals surface area contributed by atoms with Crippen LogP contribution in [0, 0.1) is 12.7 Å². The second-order valence-electron chi connectivity index (χ2n) is 4.26. The fourth-order valence-corrected chi connectivity index (χ4v) is 1.66. The van der Waals surface area contributed by atoms with Gasteiger partial charge in [0, 0.05) is 11.3 Å². The summed E-state index contributed by atoms with van der Waals surface area (Å²) in [5.41, 5.74) is 13.4. The highest BCUT2D eigenvalue weighted by molar-refractivity contribution is 5.95. The Balaban J connectivity index is 2.28. The lowest BCUT2D eigenvalue weighted by Crippen LogP contribution is -2.11. The Labute approximate surface area is 110 Å². The van der Waals surface area contributed by atoms with E-state index in [1.807, 2.05) is 0 Å². The van der Waals surface area contributed by atoms with Gasteiger partial charge in [0.2, 0.25) is 5.91 Å². The largest absolute Gasteiger partial charge is 0.397 e. The zero-order valence-electron chi connectivity index (χ0n) is 10.4. The minimum Gasteiger partial charge on any atom is -0.397 e. The predicted octanol–water partition coefficient (Wildman–Crippen LogP) is 2.56. The molecule has 98 valence electrons. The molecule has 0 fully saturated rings. The van der Waals surface area contributed by atoms with Crippen LogP contribution < -0.4 is 16.8 Å². The summed E-state index contributed by atoms with van der Waals surface area (Å²) < 4.78 is 13.4. The standard InChI is InChI=1S/C14H14FN3O/c1-8-2-4-10(7-11(8)15)18-13-5-3-9(14(17)19)6-12(13)16/h2-7,18H,16H2,1H3,(H2,17,19). The van der Waals surface area contributed by atoms with Gasteiger partial charge in [-0.15, -0.1) is 0 Å². The van der Waals surface area contributed by atoms with Gasteiger partial charge in [0.05, 0.1) is 11.4 Å². The summed E-state index contributed by atoms with van der Waals surface area (Å²) in [6, 6.07) is 9.48. The summed E-state index contributed by atoms with van der Waals surface area (Å²) in [6.45, 7) is 1.69. The lowest BCUT2D eigenvalue weighted by atomic mass is 10.1. The number of nitrogen functional groups attached to an aromatic ring is 1. The summed E-state index contributed by atoms with van der Waals surface area (Å²) in [7, 11) is 0. The zero-order valence-corrected chi connectivity index (χ0v) is 10.4. The monoisotopic (exact) mass is 259 g/mol. The van der Waals surface area contributed by atoms with Crippen LogP contribution in [0.1, 0.15) is 15.9 Å². The highest BCUT2D eigenvalue weighted by atomic mass is 19.1. The third-order valence-corrected chi connectivity index (χ3v) is 2.79. The van der Waals surface area contributed by atoms with E-state index in [0.717, 1.165) is 0 Å². The molecule has 0 atom stereocenters. The molecule has 0 bridgehead atoms. The number of primary amides is 1. The molecule has 0 aliphatic rings. The summed E-state index contributed by atoms with van der Waals surface area (Å²) in [4.78, 5) is 11.0. The lowest BCUT2D eigenvalue weighted by molar-refractivity contribution is 0.100.